The molecule has 1 atom stereocenters. The summed E-state index contributed by atoms with van der Waals surface area (Å²) in [5, 5.41) is 10.2. The zero-order chi connectivity index (χ0) is 7.99. The van der Waals surface area contributed by atoms with Crippen LogP contribution in [0.15, 0.2) is 5.16 Å². The smallest absolute Gasteiger partial charge is 0.261 e. The maximum atomic E-state index is 12.3. The standard InChI is InChI=1S/C5H6ClF2NO/c1-4(3(6)9-10)2-5(4,7)8/h10H,2H2,1H3. The molecule has 0 radical (unpaired) electrons. The molecule has 1 unspecified atom stereocenters. The van der Waals surface area contributed by atoms with Crippen LogP contribution in [0.5, 0.6) is 0 Å². The lowest BCUT2D eigenvalue weighted by atomic mass is 10.2. The predicted octanol–water partition coefficient (Wildman–Crippen LogP) is 2.06. The van der Waals surface area contributed by atoms with Crippen molar-refractivity contribution >= 4 is 16.8 Å². The van der Waals surface area contributed by atoms with E-state index in [0.29, 0.717) is 0 Å². The Hall–Kier alpha value is -0.380. The predicted molar refractivity (Wildman–Crippen MR) is 32.7 cm³/mol. The topological polar surface area (TPSA) is 32.6 Å². The van der Waals surface area contributed by atoms with E-state index in [2.05, 4.69) is 5.16 Å². The summed E-state index contributed by atoms with van der Waals surface area (Å²) in [6.45, 7) is 1.26. The quantitative estimate of drug-likeness (QED) is 0.364. The van der Waals surface area contributed by atoms with E-state index < -0.39 is 16.5 Å². The molecule has 0 amide bonds. The van der Waals surface area contributed by atoms with Gasteiger partial charge in [-0.1, -0.05) is 16.8 Å². The Labute approximate surface area is 61.5 Å². The molecule has 0 spiro atoms. The van der Waals surface area contributed by atoms with Crippen molar-refractivity contribution in [3.8, 4) is 0 Å². The molecule has 1 fully saturated rings. The van der Waals surface area contributed by atoms with Gasteiger partial charge in [-0.05, 0) is 6.92 Å². The van der Waals surface area contributed by atoms with Crippen LogP contribution < -0.4 is 0 Å². The highest BCUT2D eigenvalue weighted by Gasteiger charge is 2.71. The molecule has 0 aliphatic heterocycles. The first-order chi connectivity index (χ1) is 4.44. The monoisotopic (exact) mass is 169 g/mol. The van der Waals surface area contributed by atoms with Gasteiger partial charge < -0.3 is 5.21 Å². The van der Waals surface area contributed by atoms with Crippen molar-refractivity contribution < 1.29 is 14.0 Å². The van der Waals surface area contributed by atoms with Gasteiger partial charge in [-0.2, -0.15) is 0 Å². The fourth-order valence-corrected chi connectivity index (χ4v) is 0.939. The molecule has 1 saturated carbocycles. The van der Waals surface area contributed by atoms with Crippen LogP contribution in [-0.4, -0.2) is 16.3 Å². The summed E-state index contributed by atoms with van der Waals surface area (Å²) in [6, 6.07) is 0. The maximum Gasteiger partial charge on any atom is 0.261 e. The van der Waals surface area contributed by atoms with Crippen molar-refractivity contribution in [3.63, 3.8) is 0 Å². The van der Waals surface area contributed by atoms with E-state index in [1.165, 1.54) is 6.92 Å². The summed E-state index contributed by atoms with van der Waals surface area (Å²) in [5.41, 5.74) is -1.41. The number of hydrogen-bond donors (Lipinski definition) is 1. The molecule has 0 bridgehead atoms. The Bertz CT molecular complexity index is 194. The van der Waals surface area contributed by atoms with E-state index in [4.69, 9.17) is 16.8 Å². The van der Waals surface area contributed by atoms with Gasteiger partial charge in [-0.25, -0.2) is 8.78 Å². The molecule has 0 saturated heterocycles. The summed E-state index contributed by atoms with van der Waals surface area (Å²) in [5.74, 6) is -2.80. The number of rotatable bonds is 1. The summed E-state index contributed by atoms with van der Waals surface area (Å²) in [7, 11) is 0. The van der Waals surface area contributed by atoms with Gasteiger partial charge in [-0.15, -0.1) is 0 Å². The average molecular weight is 170 g/mol. The summed E-state index contributed by atoms with van der Waals surface area (Å²) in [6.07, 6.45) is -0.330. The Morgan fingerprint density at radius 3 is 2.20 bits per heavy atom. The van der Waals surface area contributed by atoms with Crippen LogP contribution in [0.25, 0.3) is 0 Å². The third-order valence-electron chi connectivity index (χ3n) is 1.80. The minimum Gasteiger partial charge on any atom is -0.410 e. The van der Waals surface area contributed by atoms with Crippen molar-refractivity contribution in [1.29, 1.82) is 0 Å². The second-order valence-electron chi connectivity index (χ2n) is 2.60. The Morgan fingerprint density at radius 2 is 2.10 bits per heavy atom. The van der Waals surface area contributed by atoms with E-state index in [9.17, 15) is 8.78 Å². The fraction of sp³-hybridized carbons (Fsp3) is 0.800. The first kappa shape index (κ1) is 7.72. The summed E-state index contributed by atoms with van der Waals surface area (Å²) >= 11 is 5.21. The molecule has 1 aliphatic rings. The second-order valence-corrected chi connectivity index (χ2v) is 2.96. The van der Waals surface area contributed by atoms with E-state index in [0.717, 1.165) is 0 Å². The van der Waals surface area contributed by atoms with Crippen LogP contribution in [0.4, 0.5) is 8.78 Å². The second kappa shape index (κ2) is 1.81. The van der Waals surface area contributed by atoms with E-state index in [1.807, 2.05) is 0 Å². The molecular weight excluding hydrogens is 164 g/mol. The van der Waals surface area contributed by atoms with Gasteiger partial charge in [0.25, 0.3) is 5.92 Å². The molecule has 2 nitrogen and oxygen atoms in total. The van der Waals surface area contributed by atoms with Crippen LogP contribution >= 0.6 is 11.6 Å². The Balaban J connectivity index is 2.78. The normalized spacial score (nSPS) is 37.8. The van der Waals surface area contributed by atoms with Crippen molar-refractivity contribution in [3.05, 3.63) is 0 Å². The summed E-state index contributed by atoms with van der Waals surface area (Å²) in [4.78, 5) is 0. The van der Waals surface area contributed by atoms with Gasteiger partial charge in [0.2, 0.25) is 0 Å². The molecule has 1 aliphatic carbocycles. The third kappa shape index (κ3) is 0.785. The minimum absolute atomic E-state index is 0.330. The highest BCUT2D eigenvalue weighted by atomic mass is 35.5. The lowest BCUT2D eigenvalue weighted by Gasteiger charge is -2.03. The van der Waals surface area contributed by atoms with Crippen LogP contribution in [0.1, 0.15) is 13.3 Å². The first-order valence-corrected chi connectivity index (χ1v) is 3.08. The number of alkyl halides is 2. The first-order valence-electron chi connectivity index (χ1n) is 2.70. The molecule has 1 rings (SSSR count). The van der Waals surface area contributed by atoms with Crippen LogP contribution in [0, 0.1) is 5.41 Å². The van der Waals surface area contributed by atoms with Crippen molar-refractivity contribution in [2.75, 3.05) is 0 Å². The van der Waals surface area contributed by atoms with Gasteiger partial charge in [0.05, 0.1) is 5.41 Å². The Morgan fingerprint density at radius 1 is 1.70 bits per heavy atom. The van der Waals surface area contributed by atoms with E-state index in [-0.39, 0.29) is 6.42 Å². The molecular formula is C5H6ClF2NO. The highest BCUT2D eigenvalue weighted by molar-refractivity contribution is 6.67. The van der Waals surface area contributed by atoms with E-state index >= 15 is 0 Å². The Kier molecular flexibility index (Phi) is 1.40. The zero-order valence-corrected chi connectivity index (χ0v) is 5.99. The highest BCUT2D eigenvalue weighted by Crippen LogP contribution is 2.61. The third-order valence-corrected chi connectivity index (χ3v) is 2.29. The van der Waals surface area contributed by atoms with Crippen LogP contribution in [0.2, 0.25) is 0 Å². The number of hydrogen-bond acceptors (Lipinski definition) is 2. The fourth-order valence-electron chi connectivity index (χ4n) is 0.734. The molecule has 0 aromatic carbocycles. The zero-order valence-electron chi connectivity index (χ0n) is 5.24. The van der Waals surface area contributed by atoms with Gasteiger partial charge in [0.1, 0.15) is 0 Å². The summed E-state index contributed by atoms with van der Waals surface area (Å²) < 4.78 is 24.7. The molecule has 1 N–H and O–H groups in total. The molecule has 0 aromatic rings. The van der Waals surface area contributed by atoms with Crippen molar-refractivity contribution in [2.45, 2.75) is 19.3 Å². The van der Waals surface area contributed by atoms with E-state index in [1.54, 1.807) is 0 Å². The lowest BCUT2D eigenvalue weighted by molar-refractivity contribution is 0.0892. The molecule has 0 aromatic heterocycles. The number of oxime groups is 1. The van der Waals surface area contributed by atoms with Gasteiger partial charge in [-0.3, -0.25) is 0 Å². The minimum atomic E-state index is -2.80. The van der Waals surface area contributed by atoms with Gasteiger partial charge in [0.15, 0.2) is 5.17 Å². The lowest BCUT2D eigenvalue weighted by Crippen LogP contribution is -2.14. The number of nitrogens with zero attached hydrogens (tertiary/aromatic N) is 1. The van der Waals surface area contributed by atoms with Gasteiger partial charge in [0, 0.05) is 6.42 Å². The van der Waals surface area contributed by atoms with Crippen LogP contribution in [0.3, 0.4) is 0 Å². The SMILES string of the molecule is CC1(C(Cl)=NO)CC1(F)F. The average Bonchev–Trinajstić information content (AvgIpc) is 2.32. The molecule has 5 heteroatoms. The van der Waals surface area contributed by atoms with Crippen LogP contribution in [-0.2, 0) is 0 Å². The number of halogens is 3. The van der Waals surface area contributed by atoms with Crippen molar-refractivity contribution in [1.82, 2.24) is 0 Å². The molecule has 58 valence electrons. The van der Waals surface area contributed by atoms with Gasteiger partial charge >= 0.3 is 0 Å². The van der Waals surface area contributed by atoms with Crippen molar-refractivity contribution in [2.24, 2.45) is 10.6 Å². The maximum absolute atomic E-state index is 12.3. The molecule has 0 heterocycles. The molecule has 10 heavy (non-hydrogen) atoms. The largest absolute Gasteiger partial charge is 0.410 e.